The van der Waals surface area contributed by atoms with E-state index in [1.165, 1.54) is 4.90 Å². The molecule has 82 valence electrons. The van der Waals surface area contributed by atoms with Gasteiger partial charge in [-0.05, 0) is 12.3 Å². The fourth-order valence-corrected chi connectivity index (χ4v) is 1.20. The van der Waals surface area contributed by atoms with Crippen LogP contribution in [-0.2, 0) is 9.59 Å². The second-order valence-corrected chi connectivity index (χ2v) is 3.81. The van der Waals surface area contributed by atoms with Crippen molar-refractivity contribution in [1.29, 1.82) is 0 Å². The highest BCUT2D eigenvalue weighted by Crippen LogP contribution is 2.04. The Morgan fingerprint density at radius 2 is 1.93 bits per heavy atom. The zero-order valence-corrected chi connectivity index (χ0v) is 9.12. The third-order valence-corrected chi connectivity index (χ3v) is 1.76. The highest BCUT2D eigenvalue weighted by molar-refractivity contribution is 5.81. The van der Waals surface area contributed by atoms with E-state index in [4.69, 9.17) is 5.11 Å². The van der Waals surface area contributed by atoms with Gasteiger partial charge in [-0.2, -0.15) is 0 Å². The predicted octanol–water partition coefficient (Wildman–Crippen LogP) is 1.36. The maximum atomic E-state index is 11.5. The van der Waals surface area contributed by atoms with E-state index in [0.717, 1.165) is 6.42 Å². The maximum Gasteiger partial charge on any atom is 0.323 e. The third-order valence-electron chi connectivity index (χ3n) is 1.76. The first-order valence-electron chi connectivity index (χ1n) is 4.97. The van der Waals surface area contributed by atoms with Crippen molar-refractivity contribution < 1.29 is 14.7 Å². The molecule has 0 fully saturated rings. The molecule has 0 unspecified atom stereocenters. The quantitative estimate of drug-likeness (QED) is 0.705. The Morgan fingerprint density at radius 3 is 2.29 bits per heavy atom. The van der Waals surface area contributed by atoms with Crippen molar-refractivity contribution in [3.8, 4) is 0 Å². The number of carbonyl (C=O) groups excluding carboxylic acids is 1. The van der Waals surface area contributed by atoms with Gasteiger partial charge in [-0.25, -0.2) is 0 Å². The summed E-state index contributed by atoms with van der Waals surface area (Å²) in [6, 6.07) is 0. The van der Waals surface area contributed by atoms with Crippen molar-refractivity contribution in [3.63, 3.8) is 0 Å². The van der Waals surface area contributed by atoms with Crippen LogP contribution in [-0.4, -0.2) is 35.0 Å². The zero-order valence-electron chi connectivity index (χ0n) is 9.12. The minimum Gasteiger partial charge on any atom is -0.480 e. The Kier molecular flexibility index (Phi) is 5.92. The van der Waals surface area contributed by atoms with Gasteiger partial charge in [0.25, 0.3) is 0 Å². The Balaban J connectivity index is 4.17. The topological polar surface area (TPSA) is 57.6 Å². The van der Waals surface area contributed by atoms with Crippen molar-refractivity contribution in [1.82, 2.24) is 4.90 Å². The Labute approximate surface area is 84.9 Å². The van der Waals surface area contributed by atoms with Crippen LogP contribution in [0.15, 0.2) is 0 Å². The molecule has 0 aromatic carbocycles. The molecule has 0 atom stereocenters. The average Bonchev–Trinajstić information content (AvgIpc) is 2.01. The number of hydrogen-bond acceptors (Lipinski definition) is 2. The molecule has 0 rings (SSSR count). The first-order chi connectivity index (χ1) is 6.47. The number of carboxylic acids is 1. The monoisotopic (exact) mass is 201 g/mol. The fourth-order valence-electron chi connectivity index (χ4n) is 1.20. The lowest BCUT2D eigenvalue weighted by molar-refractivity contribution is -0.144. The molecule has 1 N–H and O–H groups in total. The van der Waals surface area contributed by atoms with E-state index in [-0.39, 0.29) is 18.4 Å². The minimum atomic E-state index is -0.949. The van der Waals surface area contributed by atoms with Gasteiger partial charge in [-0.15, -0.1) is 0 Å². The molecule has 0 aliphatic heterocycles. The molecule has 14 heavy (non-hydrogen) atoms. The van der Waals surface area contributed by atoms with Crippen LogP contribution in [0.5, 0.6) is 0 Å². The van der Waals surface area contributed by atoms with E-state index >= 15 is 0 Å². The Hall–Kier alpha value is -1.06. The first-order valence-corrected chi connectivity index (χ1v) is 4.97. The van der Waals surface area contributed by atoms with Crippen molar-refractivity contribution >= 4 is 11.9 Å². The zero-order chi connectivity index (χ0) is 11.1. The molecular formula is C10H19NO3. The van der Waals surface area contributed by atoms with E-state index in [0.29, 0.717) is 13.0 Å². The highest BCUT2D eigenvalue weighted by Gasteiger charge is 2.16. The standard InChI is InChI=1S/C10H19NO3/c1-4-5-11(7-10(13)14)9(12)6-8(2)3/h8H,4-7H2,1-3H3,(H,13,14). The summed E-state index contributed by atoms with van der Waals surface area (Å²) in [5, 5.41) is 8.60. The van der Waals surface area contributed by atoms with Gasteiger partial charge in [0.05, 0.1) is 0 Å². The normalized spacial score (nSPS) is 10.3. The average molecular weight is 201 g/mol. The SMILES string of the molecule is CCCN(CC(=O)O)C(=O)CC(C)C. The predicted molar refractivity (Wildman–Crippen MR) is 54.0 cm³/mol. The van der Waals surface area contributed by atoms with E-state index < -0.39 is 5.97 Å². The van der Waals surface area contributed by atoms with Gasteiger partial charge in [-0.1, -0.05) is 20.8 Å². The number of nitrogens with zero attached hydrogens (tertiary/aromatic N) is 1. The van der Waals surface area contributed by atoms with Gasteiger partial charge >= 0.3 is 5.97 Å². The van der Waals surface area contributed by atoms with E-state index in [2.05, 4.69) is 0 Å². The van der Waals surface area contributed by atoms with Crippen LogP contribution in [0, 0.1) is 5.92 Å². The molecule has 4 nitrogen and oxygen atoms in total. The van der Waals surface area contributed by atoms with Gasteiger partial charge in [0.1, 0.15) is 6.54 Å². The van der Waals surface area contributed by atoms with Crippen LogP contribution >= 0.6 is 0 Å². The number of rotatable bonds is 6. The molecule has 0 saturated heterocycles. The summed E-state index contributed by atoms with van der Waals surface area (Å²) in [7, 11) is 0. The molecule has 0 spiro atoms. The molecular weight excluding hydrogens is 182 g/mol. The molecule has 0 aromatic heterocycles. The van der Waals surface area contributed by atoms with Gasteiger partial charge in [0.15, 0.2) is 0 Å². The molecule has 0 radical (unpaired) electrons. The Morgan fingerprint density at radius 1 is 1.36 bits per heavy atom. The van der Waals surface area contributed by atoms with E-state index in [1.54, 1.807) is 0 Å². The van der Waals surface area contributed by atoms with Crippen molar-refractivity contribution in [2.75, 3.05) is 13.1 Å². The molecule has 0 aliphatic rings. The first kappa shape index (κ1) is 12.9. The Bertz CT molecular complexity index is 202. The largest absolute Gasteiger partial charge is 0.480 e. The van der Waals surface area contributed by atoms with Crippen LogP contribution in [0.4, 0.5) is 0 Å². The molecule has 0 aromatic rings. The molecule has 0 aliphatic carbocycles. The van der Waals surface area contributed by atoms with Gasteiger partial charge in [0.2, 0.25) is 5.91 Å². The summed E-state index contributed by atoms with van der Waals surface area (Å²) < 4.78 is 0. The van der Waals surface area contributed by atoms with Crippen molar-refractivity contribution in [3.05, 3.63) is 0 Å². The summed E-state index contributed by atoms with van der Waals surface area (Å²) in [5.41, 5.74) is 0. The molecule has 4 heteroatoms. The number of hydrogen-bond donors (Lipinski definition) is 1. The second kappa shape index (κ2) is 6.40. The lowest BCUT2D eigenvalue weighted by Crippen LogP contribution is -2.36. The summed E-state index contributed by atoms with van der Waals surface area (Å²) in [6.45, 7) is 6.17. The second-order valence-electron chi connectivity index (χ2n) is 3.81. The lowest BCUT2D eigenvalue weighted by atomic mass is 10.1. The molecule has 0 saturated carbocycles. The number of amides is 1. The molecule has 1 amide bonds. The lowest BCUT2D eigenvalue weighted by Gasteiger charge is -2.20. The van der Waals surface area contributed by atoms with Crippen LogP contribution in [0.3, 0.4) is 0 Å². The van der Waals surface area contributed by atoms with Gasteiger partial charge < -0.3 is 10.0 Å². The number of aliphatic carboxylic acids is 1. The van der Waals surface area contributed by atoms with Gasteiger partial charge in [0, 0.05) is 13.0 Å². The van der Waals surface area contributed by atoms with Crippen molar-refractivity contribution in [2.24, 2.45) is 5.92 Å². The van der Waals surface area contributed by atoms with E-state index in [1.807, 2.05) is 20.8 Å². The van der Waals surface area contributed by atoms with Crippen LogP contribution in [0.25, 0.3) is 0 Å². The van der Waals surface area contributed by atoms with Crippen LogP contribution in [0.2, 0.25) is 0 Å². The summed E-state index contributed by atoms with van der Waals surface area (Å²) in [6.07, 6.45) is 1.21. The number of carboxylic acid groups (broad SMARTS) is 1. The summed E-state index contributed by atoms with van der Waals surface area (Å²) >= 11 is 0. The van der Waals surface area contributed by atoms with E-state index in [9.17, 15) is 9.59 Å². The summed E-state index contributed by atoms with van der Waals surface area (Å²) in [5.74, 6) is -0.740. The number of carbonyl (C=O) groups is 2. The highest BCUT2D eigenvalue weighted by atomic mass is 16.4. The summed E-state index contributed by atoms with van der Waals surface area (Å²) in [4.78, 5) is 23.4. The fraction of sp³-hybridized carbons (Fsp3) is 0.800. The molecule has 0 bridgehead atoms. The third kappa shape index (κ3) is 5.56. The van der Waals surface area contributed by atoms with Crippen molar-refractivity contribution in [2.45, 2.75) is 33.6 Å². The van der Waals surface area contributed by atoms with Crippen LogP contribution in [0.1, 0.15) is 33.6 Å². The smallest absolute Gasteiger partial charge is 0.323 e. The minimum absolute atomic E-state index is 0.0655. The maximum absolute atomic E-state index is 11.5. The van der Waals surface area contributed by atoms with Crippen LogP contribution < -0.4 is 0 Å². The molecule has 0 heterocycles. The van der Waals surface area contributed by atoms with Gasteiger partial charge in [-0.3, -0.25) is 9.59 Å².